The van der Waals surface area contributed by atoms with Crippen LogP contribution in [0, 0.1) is 0 Å². The number of hydrogen-bond acceptors (Lipinski definition) is 7. The smallest absolute Gasteiger partial charge is 0.716 e. The molecule has 0 aromatic heterocycles. The molecule has 0 radical (unpaired) electrons. The first-order valence-corrected chi connectivity index (χ1v) is 7.83. The van der Waals surface area contributed by atoms with E-state index in [1.807, 2.05) is 0 Å². The third-order valence-electron chi connectivity index (χ3n) is 2.99. The van der Waals surface area contributed by atoms with Gasteiger partial charge in [0.05, 0.1) is 0 Å². The van der Waals surface area contributed by atoms with E-state index in [9.17, 15) is 22.9 Å². The average Bonchev–Trinajstić information content (AvgIpc) is 2.48. The van der Waals surface area contributed by atoms with Crippen molar-refractivity contribution in [2.75, 3.05) is 0 Å². The molecule has 0 saturated carbocycles. The first kappa shape index (κ1) is 25.7. The van der Waals surface area contributed by atoms with Gasteiger partial charge in [0.1, 0.15) is 5.75 Å². The molecule has 0 fully saturated rings. The maximum absolute atomic E-state index is 11.1. The summed E-state index contributed by atoms with van der Waals surface area (Å²) in [6.07, 6.45) is 0. The SMILES string of the molecule is CC(C(=O)[O-])c1cccc(Oc2ccccc2)c1OS(=O)(=O)[O-].[K+].[K+]. The van der Waals surface area contributed by atoms with E-state index in [4.69, 9.17) is 4.74 Å². The summed E-state index contributed by atoms with van der Waals surface area (Å²) < 4.78 is 42.8. The molecule has 1 unspecified atom stereocenters. The third-order valence-corrected chi connectivity index (χ3v) is 3.36. The van der Waals surface area contributed by atoms with Crippen molar-refractivity contribution in [2.45, 2.75) is 12.8 Å². The van der Waals surface area contributed by atoms with Crippen LogP contribution in [0.2, 0.25) is 0 Å². The first-order chi connectivity index (χ1) is 10.8. The second-order valence-corrected chi connectivity index (χ2v) is 5.61. The topological polar surface area (TPSA) is 116 Å². The molecule has 2 aromatic rings. The molecular weight excluding hydrogens is 402 g/mol. The van der Waals surface area contributed by atoms with Gasteiger partial charge < -0.3 is 23.4 Å². The molecular formula is C15H12K2O7S. The van der Waals surface area contributed by atoms with Crippen LogP contribution >= 0.6 is 0 Å². The zero-order chi connectivity index (χ0) is 17.0. The number of aliphatic carboxylic acids is 1. The molecule has 10 heteroatoms. The van der Waals surface area contributed by atoms with Crippen molar-refractivity contribution < 1.29 is 135 Å². The Morgan fingerprint density at radius 2 is 1.64 bits per heavy atom. The molecule has 25 heavy (non-hydrogen) atoms. The van der Waals surface area contributed by atoms with Crippen LogP contribution in [0.4, 0.5) is 0 Å². The minimum absolute atomic E-state index is 0. The van der Waals surface area contributed by atoms with Crippen LogP contribution < -0.4 is 117 Å². The Labute approximate surface area is 230 Å². The number of carbonyl (C=O) groups is 1. The fourth-order valence-corrected chi connectivity index (χ4v) is 2.27. The fourth-order valence-electron chi connectivity index (χ4n) is 1.89. The van der Waals surface area contributed by atoms with E-state index >= 15 is 0 Å². The molecule has 2 aromatic carbocycles. The Bertz CT molecular complexity index is 810. The van der Waals surface area contributed by atoms with Gasteiger partial charge in [-0.15, -0.1) is 0 Å². The maximum Gasteiger partial charge on any atom is 1.00 e. The van der Waals surface area contributed by atoms with E-state index in [2.05, 4.69) is 4.18 Å². The summed E-state index contributed by atoms with van der Waals surface area (Å²) in [4.78, 5) is 11.1. The van der Waals surface area contributed by atoms with E-state index in [0.717, 1.165) is 0 Å². The summed E-state index contributed by atoms with van der Waals surface area (Å²) in [6, 6.07) is 12.5. The van der Waals surface area contributed by atoms with Crippen LogP contribution in [0.5, 0.6) is 17.2 Å². The summed E-state index contributed by atoms with van der Waals surface area (Å²) >= 11 is 0. The van der Waals surface area contributed by atoms with Gasteiger partial charge in [-0.25, -0.2) is 8.42 Å². The second kappa shape index (κ2) is 11.5. The summed E-state index contributed by atoms with van der Waals surface area (Å²) in [5, 5.41) is 11.1. The van der Waals surface area contributed by atoms with Crippen molar-refractivity contribution in [2.24, 2.45) is 0 Å². The van der Waals surface area contributed by atoms with Gasteiger partial charge in [0, 0.05) is 17.5 Å². The molecule has 0 heterocycles. The zero-order valence-electron chi connectivity index (χ0n) is 14.0. The molecule has 0 aliphatic heterocycles. The standard InChI is InChI=1S/C15H14O7S.2K/c1-10(15(16)17)12-8-5-9-13(14(12)22-23(18,19)20)21-11-6-3-2-4-7-11;;/h2-10H,1H3,(H,16,17)(H,18,19,20);;/q;2*+1/p-2. The molecule has 0 bridgehead atoms. The van der Waals surface area contributed by atoms with Crippen molar-refractivity contribution in [3.05, 3.63) is 54.1 Å². The monoisotopic (exact) mass is 414 g/mol. The zero-order valence-corrected chi connectivity index (χ0v) is 21.0. The largest absolute Gasteiger partial charge is 1.00 e. The number of benzene rings is 2. The number of ether oxygens (including phenoxy) is 1. The van der Waals surface area contributed by atoms with Crippen LogP contribution in [0.25, 0.3) is 0 Å². The summed E-state index contributed by atoms with van der Waals surface area (Å²) in [6.45, 7) is 1.28. The van der Waals surface area contributed by atoms with Gasteiger partial charge in [-0.3, -0.25) is 0 Å². The van der Waals surface area contributed by atoms with Crippen LogP contribution in [0.15, 0.2) is 48.5 Å². The summed E-state index contributed by atoms with van der Waals surface area (Å²) in [5.74, 6) is -2.86. The first-order valence-electron chi connectivity index (χ1n) is 6.50. The molecule has 0 amide bonds. The van der Waals surface area contributed by atoms with Gasteiger partial charge in [0.15, 0.2) is 11.5 Å². The van der Waals surface area contributed by atoms with Crippen LogP contribution in [-0.2, 0) is 15.2 Å². The predicted octanol–water partition coefficient (Wildman–Crippen LogP) is -4.82. The van der Waals surface area contributed by atoms with E-state index in [1.165, 1.54) is 25.1 Å². The van der Waals surface area contributed by atoms with Gasteiger partial charge >= 0.3 is 103 Å². The van der Waals surface area contributed by atoms with Crippen LogP contribution in [0.3, 0.4) is 0 Å². The molecule has 1 atom stereocenters. The van der Waals surface area contributed by atoms with Gasteiger partial charge in [0.2, 0.25) is 0 Å². The number of carboxylic acid groups (broad SMARTS) is 1. The second-order valence-electron chi connectivity index (χ2n) is 4.62. The van der Waals surface area contributed by atoms with Gasteiger partial charge in [-0.05, 0) is 18.2 Å². The van der Waals surface area contributed by atoms with E-state index in [0.29, 0.717) is 5.75 Å². The molecule has 0 spiro atoms. The van der Waals surface area contributed by atoms with Crippen molar-refractivity contribution in [1.82, 2.24) is 0 Å². The van der Waals surface area contributed by atoms with Crippen molar-refractivity contribution in [3.63, 3.8) is 0 Å². The Morgan fingerprint density at radius 3 is 2.16 bits per heavy atom. The van der Waals surface area contributed by atoms with Crippen LogP contribution in [0.1, 0.15) is 18.4 Å². The summed E-state index contributed by atoms with van der Waals surface area (Å²) in [7, 11) is -5.12. The minimum Gasteiger partial charge on any atom is -0.716 e. The molecule has 122 valence electrons. The van der Waals surface area contributed by atoms with E-state index in [1.54, 1.807) is 30.3 Å². The molecule has 0 aliphatic carbocycles. The van der Waals surface area contributed by atoms with E-state index < -0.39 is 28.0 Å². The van der Waals surface area contributed by atoms with Crippen molar-refractivity contribution in [3.8, 4) is 17.2 Å². The Kier molecular flexibility index (Phi) is 11.8. The molecule has 7 nitrogen and oxygen atoms in total. The Morgan fingerprint density at radius 1 is 1.04 bits per heavy atom. The minimum atomic E-state index is -5.12. The molecule has 2 rings (SSSR count). The number of para-hydroxylation sites is 2. The number of hydrogen-bond donors (Lipinski definition) is 0. The number of rotatable bonds is 6. The molecule has 0 saturated heterocycles. The van der Waals surface area contributed by atoms with Gasteiger partial charge in [0.25, 0.3) is 10.4 Å². The van der Waals surface area contributed by atoms with Crippen LogP contribution in [-0.4, -0.2) is 18.9 Å². The van der Waals surface area contributed by atoms with Gasteiger partial charge in [-0.2, -0.15) is 0 Å². The Hall–Kier alpha value is 0.693. The average molecular weight is 415 g/mol. The fraction of sp³-hybridized carbons (Fsp3) is 0.133. The van der Waals surface area contributed by atoms with E-state index in [-0.39, 0.29) is 114 Å². The van der Waals surface area contributed by atoms with Gasteiger partial charge in [-0.1, -0.05) is 37.3 Å². The maximum atomic E-state index is 11.1. The molecule has 0 N–H and O–H groups in total. The number of carboxylic acids is 1. The quantitative estimate of drug-likeness (QED) is 0.265. The number of carbonyl (C=O) groups excluding carboxylic acids is 1. The Balaban J connectivity index is 0.00000288. The summed E-state index contributed by atoms with van der Waals surface area (Å²) in [5.41, 5.74) is -0.0437. The van der Waals surface area contributed by atoms with Crippen molar-refractivity contribution in [1.29, 1.82) is 0 Å². The molecule has 0 aliphatic rings. The van der Waals surface area contributed by atoms with Crippen molar-refractivity contribution >= 4 is 16.4 Å². The predicted molar refractivity (Wildman–Crippen MR) is 76.7 cm³/mol. The normalized spacial score (nSPS) is 11.4. The third kappa shape index (κ3) is 8.07.